The fraction of sp³-hybridized carbons (Fsp3) is 0.529. The Morgan fingerprint density at radius 3 is 2.67 bits per heavy atom. The van der Waals surface area contributed by atoms with Gasteiger partial charge in [0.15, 0.2) is 17.4 Å². The summed E-state index contributed by atoms with van der Waals surface area (Å²) in [5.41, 5.74) is 0.0879. The van der Waals surface area contributed by atoms with Gasteiger partial charge in [0.2, 0.25) is 5.91 Å². The number of rotatable bonds is 7. The van der Waals surface area contributed by atoms with E-state index in [2.05, 4.69) is 10.6 Å². The van der Waals surface area contributed by atoms with Gasteiger partial charge in [-0.25, -0.2) is 8.78 Å². The summed E-state index contributed by atoms with van der Waals surface area (Å²) in [5.74, 6) is -2.01. The number of amides is 1. The largest absolute Gasteiger partial charge is 0.356 e. The van der Waals surface area contributed by atoms with E-state index in [4.69, 9.17) is 0 Å². The summed E-state index contributed by atoms with van der Waals surface area (Å²) in [7, 11) is 0. The van der Waals surface area contributed by atoms with Crippen LogP contribution in [0.4, 0.5) is 8.78 Å². The third-order valence-electron chi connectivity index (χ3n) is 4.09. The van der Waals surface area contributed by atoms with Gasteiger partial charge in [-0.3, -0.25) is 9.59 Å². The van der Waals surface area contributed by atoms with Crippen LogP contribution in [0.3, 0.4) is 0 Å². The van der Waals surface area contributed by atoms with Crippen molar-refractivity contribution >= 4 is 24.1 Å². The second-order valence-corrected chi connectivity index (χ2v) is 5.90. The molecule has 24 heavy (non-hydrogen) atoms. The van der Waals surface area contributed by atoms with E-state index >= 15 is 0 Å². The van der Waals surface area contributed by atoms with E-state index in [1.807, 2.05) is 0 Å². The first kappa shape index (κ1) is 20.5. The lowest BCUT2D eigenvalue weighted by Crippen LogP contribution is -2.33. The molecule has 0 spiro atoms. The van der Waals surface area contributed by atoms with Crippen LogP contribution in [0.2, 0.25) is 0 Å². The van der Waals surface area contributed by atoms with Crippen LogP contribution in [0.15, 0.2) is 18.2 Å². The molecule has 4 nitrogen and oxygen atoms in total. The Labute approximate surface area is 146 Å². The van der Waals surface area contributed by atoms with Crippen LogP contribution in [-0.2, 0) is 4.79 Å². The monoisotopic (exact) mass is 360 g/mol. The molecule has 0 aliphatic carbocycles. The van der Waals surface area contributed by atoms with Crippen molar-refractivity contribution in [1.82, 2.24) is 10.6 Å². The number of nitrogens with one attached hydrogen (secondary N) is 2. The topological polar surface area (TPSA) is 58.2 Å². The highest BCUT2D eigenvalue weighted by Gasteiger charge is 2.14. The molecule has 0 radical (unpaired) electrons. The van der Waals surface area contributed by atoms with Crippen molar-refractivity contribution < 1.29 is 18.4 Å². The summed E-state index contributed by atoms with van der Waals surface area (Å²) >= 11 is 0. The van der Waals surface area contributed by atoms with Crippen LogP contribution in [0.1, 0.15) is 42.5 Å². The van der Waals surface area contributed by atoms with Crippen LogP contribution in [0, 0.1) is 17.6 Å². The molecule has 0 aromatic heterocycles. The predicted molar refractivity (Wildman–Crippen MR) is 90.4 cm³/mol. The third kappa shape index (κ3) is 6.53. The van der Waals surface area contributed by atoms with E-state index in [1.165, 1.54) is 18.9 Å². The molecule has 1 fully saturated rings. The number of benzene rings is 1. The molecule has 0 saturated carbocycles. The smallest absolute Gasteiger partial charge is 0.220 e. The molecule has 2 N–H and O–H groups in total. The maximum absolute atomic E-state index is 13.1. The Morgan fingerprint density at radius 2 is 2.00 bits per heavy atom. The second kappa shape index (κ2) is 10.4. The lowest BCUT2D eigenvalue weighted by atomic mass is 9.96. The van der Waals surface area contributed by atoms with Gasteiger partial charge < -0.3 is 10.6 Å². The Hall–Kier alpha value is -1.53. The van der Waals surface area contributed by atoms with Crippen LogP contribution >= 0.6 is 12.4 Å². The lowest BCUT2D eigenvalue weighted by Gasteiger charge is -2.22. The number of carbonyl (C=O) groups is 2. The first-order valence-electron chi connectivity index (χ1n) is 8.02. The van der Waals surface area contributed by atoms with E-state index < -0.39 is 11.6 Å². The standard InChI is InChI=1S/C17H22F2N2O2.ClH/c18-14-4-3-13(10-15(14)19)16(22)5-6-17(23)21-9-7-12-2-1-8-20-11-12;/h3-4,10,12,20H,1-2,5-9,11H2,(H,21,23);1H. The van der Waals surface area contributed by atoms with Crippen LogP contribution in [-0.4, -0.2) is 31.3 Å². The molecule has 1 amide bonds. The third-order valence-corrected chi connectivity index (χ3v) is 4.09. The zero-order valence-electron chi connectivity index (χ0n) is 13.4. The van der Waals surface area contributed by atoms with Gasteiger partial charge in [-0.1, -0.05) is 0 Å². The van der Waals surface area contributed by atoms with Crippen LogP contribution in [0.5, 0.6) is 0 Å². The maximum Gasteiger partial charge on any atom is 0.220 e. The molecular weight excluding hydrogens is 338 g/mol. The Morgan fingerprint density at radius 1 is 1.21 bits per heavy atom. The molecular formula is C17H23ClF2N2O2. The highest BCUT2D eigenvalue weighted by Crippen LogP contribution is 2.13. The van der Waals surface area contributed by atoms with Crippen molar-refractivity contribution in [3.63, 3.8) is 0 Å². The van der Waals surface area contributed by atoms with Crippen molar-refractivity contribution in [1.29, 1.82) is 0 Å². The minimum Gasteiger partial charge on any atom is -0.356 e. The van der Waals surface area contributed by atoms with Crippen molar-refractivity contribution in [3.8, 4) is 0 Å². The van der Waals surface area contributed by atoms with E-state index in [-0.39, 0.29) is 42.5 Å². The molecule has 1 aromatic rings. The van der Waals surface area contributed by atoms with Gasteiger partial charge in [-0.05, 0) is 56.5 Å². The summed E-state index contributed by atoms with van der Waals surface area (Å²) in [6, 6.07) is 3.02. The number of Topliss-reactive ketones (excluding diaryl/α,β-unsaturated/α-hetero) is 1. The van der Waals surface area contributed by atoms with E-state index in [9.17, 15) is 18.4 Å². The average molecular weight is 361 g/mol. The Balaban J connectivity index is 0.00000288. The molecule has 2 rings (SSSR count). The molecule has 1 heterocycles. The molecule has 1 atom stereocenters. The molecule has 0 bridgehead atoms. The van der Waals surface area contributed by atoms with Gasteiger partial charge in [0, 0.05) is 24.9 Å². The van der Waals surface area contributed by atoms with Gasteiger partial charge in [0.05, 0.1) is 0 Å². The van der Waals surface area contributed by atoms with E-state index in [1.54, 1.807) is 0 Å². The number of carbonyl (C=O) groups excluding carboxylic acids is 2. The summed E-state index contributed by atoms with van der Waals surface area (Å²) in [5, 5.41) is 6.13. The lowest BCUT2D eigenvalue weighted by molar-refractivity contribution is -0.121. The maximum atomic E-state index is 13.1. The molecule has 1 unspecified atom stereocenters. The number of hydrogen-bond acceptors (Lipinski definition) is 3. The summed E-state index contributed by atoms with van der Waals surface area (Å²) in [6.45, 7) is 2.66. The fourth-order valence-corrected chi connectivity index (χ4v) is 2.72. The zero-order valence-corrected chi connectivity index (χ0v) is 14.3. The molecule has 7 heteroatoms. The van der Waals surface area contributed by atoms with Crippen LogP contribution in [0.25, 0.3) is 0 Å². The van der Waals surface area contributed by atoms with Crippen LogP contribution < -0.4 is 10.6 Å². The minimum absolute atomic E-state index is 0. The van der Waals surface area contributed by atoms with E-state index in [0.29, 0.717) is 12.5 Å². The first-order chi connectivity index (χ1) is 11.1. The minimum atomic E-state index is -1.05. The summed E-state index contributed by atoms with van der Waals surface area (Å²) in [4.78, 5) is 23.6. The van der Waals surface area contributed by atoms with Crippen molar-refractivity contribution in [2.45, 2.75) is 32.1 Å². The molecule has 1 saturated heterocycles. The first-order valence-corrected chi connectivity index (χ1v) is 8.02. The molecule has 1 aromatic carbocycles. The highest BCUT2D eigenvalue weighted by atomic mass is 35.5. The molecule has 1 aliphatic rings. The van der Waals surface area contributed by atoms with Gasteiger partial charge in [-0.15, -0.1) is 12.4 Å². The van der Waals surface area contributed by atoms with Crippen molar-refractivity contribution in [2.24, 2.45) is 5.92 Å². The van der Waals surface area contributed by atoms with Gasteiger partial charge in [0.1, 0.15) is 0 Å². The number of hydrogen-bond donors (Lipinski definition) is 2. The predicted octanol–water partition coefficient (Wildman–Crippen LogP) is 2.86. The Bertz CT molecular complexity index is 564. The fourth-order valence-electron chi connectivity index (χ4n) is 2.72. The zero-order chi connectivity index (χ0) is 16.7. The van der Waals surface area contributed by atoms with Crippen molar-refractivity contribution in [2.75, 3.05) is 19.6 Å². The summed E-state index contributed by atoms with van der Waals surface area (Å²) < 4.78 is 25.9. The average Bonchev–Trinajstić information content (AvgIpc) is 2.56. The van der Waals surface area contributed by atoms with Gasteiger partial charge in [0.25, 0.3) is 0 Å². The van der Waals surface area contributed by atoms with E-state index in [0.717, 1.165) is 31.6 Å². The van der Waals surface area contributed by atoms with Gasteiger partial charge >= 0.3 is 0 Å². The highest BCUT2D eigenvalue weighted by molar-refractivity contribution is 5.97. The SMILES string of the molecule is Cl.O=C(CCC(=O)c1ccc(F)c(F)c1)NCCC1CCCNC1. The van der Waals surface area contributed by atoms with Crippen molar-refractivity contribution in [3.05, 3.63) is 35.4 Å². The quantitative estimate of drug-likeness (QED) is 0.735. The Kier molecular flexibility index (Phi) is 8.85. The number of ketones is 1. The summed E-state index contributed by atoms with van der Waals surface area (Å²) in [6.07, 6.45) is 3.32. The van der Waals surface area contributed by atoms with Gasteiger partial charge in [-0.2, -0.15) is 0 Å². The molecule has 1 aliphatic heterocycles. The second-order valence-electron chi connectivity index (χ2n) is 5.90. The normalized spacial score (nSPS) is 17.0. The number of piperidine rings is 1. The number of halogens is 3. The molecule has 134 valence electrons.